The summed E-state index contributed by atoms with van der Waals surface area (Å²) in [5, 5.41) is 4.75. The average Bonchev–Trinajstić information content (AvgIpc) is 3.02. The van der Waals surface area contributed by atoms with E-state index in [1.807, 2.05) is 12.1 Å². The van der Waals surface area contributed by atoms with Crippen LogP contribution in [-0.2, 0) is 21.0 Å². The molecule has 31 heavy (non-hydrogen) atoms. The third-order valence-electron chi connectivity index (χ3n) is 7.24. The van der Waals surface area contributed by atoms with E-state index in [-0.39, 0.29) is 21.9 Å². The van der Waals surface area contributed by atoms with Crippen molar-refractivity contribution in [1.82, 2.24) is 10.6 Å². The van der Waals surface area contributed by atoms with Crippen molar-refractivity contribution in [2.45, 2.75) is 70.6 Å². The molecule has 0 radical (unpaired) electrons. The fourth-order valence-corrected chi connectivity index (χ4v) is 4.79. The number of imide groups is 1. The maximum absolute atomic E-state index is 11.8. The number of hydrogen-bond donors (Lipinski definition) is 2. The molecule has 2 aromatic carbocycles. The van der Waals surface area contributed by atoms with Crippen LogP contribution >= 0.6 is 0 Å². The van der Waals surface area contributed by atoms with Crippen LogP contribution in [0.5, 0.6) is 0 Å². The number of amides is 3. The average molecular weight is 417 g/mol. The maximum Gasteiger partial charge on any atom is 0.326 e. The molecule has 4 rings (SSSR count). The first kappa shape index (κ1) is 21.4. The van der Waals surface area contributed by atoms with Gasteiger partial charge in [0.25, 0.3) is 5.91 Å². The highest BCUT2D eigenvalue weighted by atomic mass is 16.2. The predicted octanol–water partition coefficient (Wildman–Crippen LogP) is 5.54. The Bertz CT molecular complexity index is 1090. The van der Waals surface area contributed by atoms with Gasteiger partial charge in [-0.1, -0.05) is 84.0 Å². The van der Waals surface area contributed by atoms with Gasteiger partial charge in [0.15, 0.2) is 0 Å². The van der Waals surface area contributed by atoms with Crippen molar-refractivity contribution in [3.63, 3.8) is 0 Å². The predicted molar refractivity (Wildman–Crippen MR) is 125 cm³/mol. The first-order valence-electron chi connectivity index (χ1n) is 11.0. The maximum atomic E-state index is 11.8. The van der Waals surface area contributed by atoms with Crippen LogP contribution in [0.15, 0.2) is 48.2 Å². The molecule has 162 valence electrons. The first-order valence-corrected chi connectivity index (χ1v) is 11.0. The Balaban J connectivity index is 1.67. The molecule has 1 aliphatic carbocycles. The zero-order chi connectivity index (χ0) is 22.6. The zero-order valence-corrected chi connectivity index (χ0v) is 19.3. The van der Waals surface area contributed by atoms with Gasteiger partial charge in [-0.25, -0.2) is 4.79 Å². The molecule has 2 aromatic rings. The zero-order valence-electron chi connectivity index (χ0n) is 19.3. The Hall–Kier alpha value is -2.88. The van der Waals surface area contributed by atoms with Crippen LogP contribution in [0.2, 0.25) is 0 Å². The molecule has 0 bridgehead atoms. The first-order chi connectivity index (χ1) is 14.4. The van der Waals surface area contributed by atoms with Crippen LogP contribution < -0.4 is 10.6 Å². The van der Waals surface area contributed by atoms with Crippen molar-refractivity contribution in [3.05, 3.63) is 76.0 Å². The quantitative estimate of drug-likeness (QED) is 0.510. The summed E-state index contributed by atoms with van der Waals surface area (Å²) >= 11 is 0. The van der Waals surface area contributed by atoms with Gasteiger partial charge in [0.2, 0.25) is 0 Å². The highest BCUT2D eigenvalue weighted by Gasteiger charge is 2.38. The number of benzene rings is 2. The Kier molecular flexibility index (Phi) is 4.88. The van der Waals surface area contributed by atoms with Crippen molar-refractivity contribution >= 4 is 18.0 Å². The Morgan fingerprint density at radius 1 is 0.806 bits per heavy atom. The van der Waals surface area contributed by atoms with Crippen LogP contribution in [0.1, 0.15) is 82.2 Å². The summed E-state index contributed by atoms with van der Waals surface area (Å²) < 4.78 is 0. The van der Waals surface area contributed by atoms with Crippen LogP contribution in [0.25, 0.3) is 6.08 Å². The van der Waals surface area contributed by atoms with Crippen molar-refractivity contribution in [1.29, 1.82) is 0 Å². The van der Waals surface area contributed by atoms with E-state index in [0.29, 0.717) is 0 Å². The number of nitrogens with one attached hydrogen (secondary N) is 2. The van der Waals surface area contributed by atoms with Gasteiger partial charge in [0, 0.05) is 5.41 Å². The highest BCUT2D eigenvalue weighted by Crippen LogP contribution is 2.47. The molecule has 0 saturated carbocycles. The normalized spacial score (nSPS) is 20.9. The van der Waals surface area contributed by atoms with Gasteiger partial charge in [0.05, 0.1) is 0 Å². The van der Waals surface area contributed by atoms with Crippen molar-refractivity contribution in [3.8, 4) is 0 Å². The van der Waals surface area contributed by atoms with E-state index in [2.05, 4.69) is 82.5 Å². The van der Waals surface area contributed by atoms with E-state index in [1.54, 1.807) is 6.08 Å². The minimum atomic E-state index is -0.479. The fraction of sp³-hybridized carbons (Fsp3) is 0.407. The number of hydrogen-bond acceptors (Lipinski definition) is 2. The van der Waals surface area contributed by atoms with Gasteiger partial charge in [-0.3, -0.25) is 10.1 Å². The third kappa shape index (κ3) is 3.80. The smallest absolute Gasteiger partial charge is 0.303 e. The lowest BCUT2D eigenvalue weighted by atomic mass is 9.62. The molecule has 2 aliphatic rings. The van der Waals surface area contributed by atoms with Crippen molar-refractivity contribution in [2.75, 3.05) is 0 Å². The Labute approximate surface area is 185 Å². The van der Waals surface area contributed by atoms with E-state index >= 15 is 0 Å². The summed E-state index contributed by atoms with van der Waals surface area (Å²) in [4.78, 5) is 23.1. The molecule has 0 unspecified atom stereocenters. The van der Waals surface area contributed by atoms with E-state index in [9.17, 15) is 9.59 Å². The lowest BCUT2D eigenvalue weighted by molar-refractivity contribution is -0.115. The molecule has 0 aromatic heterocycles. The number of urea groups is 1. The lowest BCUT2D eigenvalue weighted by Gasteiger charge is -2.43. The molecular formula is C27H32N2O2. The molecule has 0 spiro atoms. The molecule has 1 aliphatic heterocycles. The summed E-state index contributed by atoms with van der Waals surface area (Å²) in [7, 11) is 0. The summed E-state index contributed by atoms with van der Waals surface area (Å²) in [5.41, 5.74) is 6.85. The van der Waals surface area contributed by atoms with Crippen LogP contribution in [0.4, 0.5) is 4.79 Å². The van der Waals surface area contributed by atoms with Gasteiger partial charge in [-0.15, -0.1) is 0 Å². The van der Waals surface area contributed by atoms with Crippen molar-refractivity contribution in [2.24, 2.45) is 0 Å². The molecule has 4 nitrogen and oxygen atoms in total. The van der Waals surface area contributed by atoms with Gasteiger partial charge < -0.3 is 5.32 Å². The number of carbonyl (C=O) groups is 2. The second-order valence-electron chi connectivity index (χ2n) is 10.7. The molecule has 1 saturated heterocycles. The molecule has 2 N–H and O–H groups in total. The highest BCUT2D eigenvalue weighted by molar-refractivity contribution is 6.13. The topological polar surface area (TPSA) is 58.2 Å². The Morgan fingerprint density at radius 3 is 1.97 bits per heavy atom. The third-order valence-corrected chi connectivity index (χ3v) is 7.24. The molecule has 1 heterocycles. The lowest BCUT2D eigenvalue weighted by Crippen LogP contribution is -2.34. The molecule has 1 fully saturated rings. The van der Waals surface area contributed by atoms with E-state index < -0.39 is 11.9 Å². The fourth-order valence-electron chi connectivity index (χ4n) is 4.79. The number of carbonyl (C=O) groups excluding carboxylic acids is 2. The van der Waals surface area contributed by atoms with Gasteiger partial charge in [-0.2, -0.15) is 0 Å². The summed E-state index contributed by atoms with van der Waals surface area (Å²) in [6, 6.07) is 14.8. The number of fused-ring (bicyclic) bond motifs is 1. The van der Waals surface area contributed by atoms with E-state index in [1.165, 1.54) is 35.1 Å². The molecule has 0 atom stereocenters. The van der Waals surface area contributed by atoms with E-state index in [0.717, 1.165) is 5.56 Å². The minimum Gasteiger partial charge on any atom is -0.303 e. The molecule has 4 heteroatoms. The van der Waals surface area contributed by atoms with Gasteiger partial charge in [-0.05, 0) is 57.6 Å². The van der Waals surface area contributed by atoms with Crippen LogP contribution in [-0.4, -0.2) is 11.9 Å². The Morgan fingerprint density at radius 2 is 1.39 bits per heavy atom. The largest absolute Gasteiger partial charge is 0.326 e. The van der Waals surface area contributed by atoms with Crippen LogP contribution in [0, 0.1) is 0 Å². The standard InChI is InChI=1S/C27H32N2O2/c1-25(2)13-14-26(3,4)21-16-19(11-12-20(21)25)27(5,6)18-9-7-17(8-10-18)15-22-23(30)29-24(31)28-22/h7-12,15-16H,13-14H2,1-6H3,(H2,28,29,30,31)/b22-15-. The van der Waals surface area contributed by atoms with E-state index in [4.69, 9.17) is 0 Å². The minimum absolute atomic E-state index is 0.155. The molecular weight excluding hydrogens is 384 g/mol. The second-order valence-corrected chi connectivity index (χ2v) is 10.7. The summed E-state index contributed by atoms with van der Waals surface area (Å²) in [6.45, 7) is 13.9. The van der Waals surface area contributed by atoms with Gasteiger partial charge >= 0.3 is 6.03 Å². The van der Waals surface area contributed by atoms with Crippen molar-refractivity contribution < 1.29 is 9.59 Å². The number of rotatable bonds is 3. The molecule has 3 amide bonds. The summed E-state index contributed by atoms with van der Waals surface area (Å²) in [6.07, 6.45) is 4.11. The SMILES string of the molecule is CC1(C)CCC(C)(C)c2cc(C(C)(C)c3ccc(/C=C4\NC(=O)NC4=O)cc3)ccc21. The monoisotopic (exact) mass is 416 g/mol. The van der Waals surface area contributed by atoms with Crippen LogP contribution in [0.3, 0.4) is 0 Å². The summed E-state index contributed by atoms with van der Waals surface area (Å²) in [5.74, 6) is -0.394. The van der Waals surface area contributed by atoms with Gasteiger partial charge in [0.1, 0.15) is 5.70 Å². The second kappa shape index (κ2) is 7.08.